The maximum atomic E-state index is 5.06. The Morgan fingerprint density at radius 3 is 2.75 bits per heavy atom. The molecule has 0 saturated heterocycles. The Morgan fingerprint density at radius 1 is 1.75 bits per heavy atom. The maximum Gasteiger partial charge on any atom is 0.0547 e. The molecule has 0 rings (SSSR count). The van der Waals surface area contributed by atoms with Gasteiger partial charge >= 0.3 is 0 Å². The quantitative estimate of drug-likeness (QED) is 0.525. The number of hydrogen-bond acceptors (Lipinski definition) is 1. The molecule has 0 N–H and O–H groups in total. The van der Waals surface area contributed by atoms with Gasteiger partial charge in [0.25, 0.3) is 0 Å². The van der Waals surface area contributed by atoms with E-state index in [2.05, 4.69) is 19.8 Å². The van der Waals surface area contributed by atoms with Gasteiger partial charge in [0.15, 0.2) is 0 Å². The molecule has 0 bridgehead atoms. The maximum absolute atomic E-state index is 5.06. The van der Waals surface area contributed by atoms with Gasteiger partial charge in [0.05, 0.1) is 5.75 Å². The van der Waals surface area contributed by atoms with E-state index in [0.29, 0.717) is 0 Å². The van der Waals surface area contributed by atoms with Crippen LogP contribution in [0.1, 0.15) is 20.3 Å². The summed E-state index contributed by atoms with van der Waals surface area (Å²) >= 11 is 1.84. The topological polar surface area (TPSA) is 0 Å². The van der Waals surface area contributed by atoms with Gasteiger partial charge < -0.3 is 0 Å². The fourth-order valence-corrected chi connectivity index (χ4v) is 0.925. The van der Waals surface area contributed by atoms with Gasteiger partial charge in [-0.3, -0.25) is 0 Å². The highest BCUT2D eigenvalue weighted by Gasteiger charge is 1.94. The van der Waals surface area contributed by atoms with Crippen LogP contribution in [0.5, 0.6) is 0 Å². The second kappa shape index (κ2) is 5.05. The zero-order chi connectivity index (χ0) is 6.41. The lowest BCUT2D eigenvalue weighted by atomic mass is 10.4. The Labute approximate surface area is 56.1 Å². The third kappa shape index (κ3) is 4.08. The summed E-state index contributed by atoms with van der Waals surface area (Å²) in [4.78, 5) is 0. The third-order valence-electron chi connectivity index (χ3n) is 1.03. The molecular weight excluding hydrogens is 116 g/mol. The molecule has 0 heterocycles. The molecule has 1 unspecified atom stereocenters. The summed E-state index contributed by atoms with van der Waals surface area (Å²) in [6, 6.07) is 0. The van der Waals surface area contributed by atoms with E-state index in [9.17, 15) is 0 Å². The molecule has 0 aromatic heterocycles. The zero-order valence-corrected chi connectivity index (χ0v) is 6.29. The van der Waals surface area contributed by atoms with Gasteiger partial charge in [-0.15, -0.1) is 18.2 Å². The molecule has 0 spiro atoms. The highest BCUT2D eigenvalue weighted by Crippen LogP contribution is 2.11. The predicted molar refractivity (Wildman–Crippen MR) is 41.0 cm³/mol. The molecule has 0 aliphatic heterocycles. The van der Waals surface area contributed by atoms with Crippen LogP contribution >= 0.6 is 11.8 Å². The van der Waals surface area contributed by atoms with Crippen LogP contribution in [-0.4, -0.2) is 11.0 Å². The molecule has 0 nitrogen and oxygen atoms in total. The van der Waals surface area contributed by atoms with Crippen molar-refractivity contribution in [3.8, 4) is 12.3 Å². The molecule has 0 fully saturated rings. The molecule has 0 amide bonds. The first-order valence-corrected chi connectivity index (χ1v) is 3.91. The summed E-state index contributed by atoms with van der Waals surface area (Å²) in [6.07, 6.45) is 6.28. The molecule has 8 heavy (non-hydrogen) atoms. The lowest BCUT2D eigenvalue weighted by Crippen LogP contribution is -1.92. The molecule has 0 saturated carbocycles. The normalized spacial score (nSPS) is 12.6. The highest BCUT2D eigenvalue weighted by atomic mass is 32.2. The van der Waals surface area contributed by atoms with Crippen molar-refractivity contribution in [2.45, 2.75) is 25.5 Å². The summed E-state index contributed by atoms with van der Waals surface area (Å²) < 4.78 is 0. The van der Waals surface area contributed by atoms with Gasteiger partial charge in [0.1, 0.15) is 0 Å². The largest absolute Gasteiger partial charge is 0.146 e. The first-order valence-electron chi connectivity index (χ1n) is 2.86. The smallest absolute Gasteiger partial charge is 0.0547 e. The Hall–Kier alpha value is -0.0900. The average Bonchev–Trinajstić information content (AvgIpc) is 1.83. The third-order valence-corrected chi connectivity index (χ3v) is 2.26. The van der Waals surface area contributed by atoms with Crippen LogP contribution in [0.4, 0.5) is 0 Å². The molecule has 0 aromatic carbocycles. The fraction of sp³-hybridized carbons (Fsp3) is 0.714. The van der Waals surface area contributed by atoms with E-state index in [4.69, 9.17) is 6.42 Å². The Bertz CT molecular complexity index is 80.9. The second-order valence-electron chi connectivity index (χ2n) is 1.73. The van der Waals surface area contributed by atoms with Gasteiger partial charge in [-0.1, -0.05) is 19.8 Å². The number of thioether (sulfide) groups is 1. The number of hydrogen-bond donors (Lipinski definition) is 0. The second-order valence-corrected chi connectivity index (χ2v) is 3.16. The monoisotopic (exact) mass is 128 g/mol. The molecule has 0 aliphatic rings. The van der Waals surface area contributed by atoms with Gasteiger partial charge in [-0.25, -0.2) is 0 Å². The van der Waals surface area contributed by atoms with Crippen molar-refractivity contribution in [1.29, 1.82) is 0 Å². The summed E-state index contributed by atoms with van der Waals surface area (Å²) in [6.45, 7) is 4.37. The molecule has 46 valence electrons. The molecular formula is C7H12S. The van der Waals surface area contributed by atoms with Crippen molar-refractivity contribution in [3.63, 3.8) is 0 Å². The van der Waals surface area contributed by atoms with E-state index in [-0.39, 0.29) is 0 Å². The van der Waals surface area contributed by atoms with Crippen LogP contribution in [0.25, 0.3) is 0 Å². The highest BCUT2D eigenvalue weighted by molar-refractivity contribution is 8.00. The fourth-order valence-electron chi connectivity index (χ4n) is 0.308. The summed E-state index contributed by atoms with van der Waals surface area (Å²) in [5.74, 6) is 3.45. The van der Waals surface area contributed by atoms with Gasteiger partial charge in [-0.2, -0.15) is 0 Å². The molecule has 1 heteroatoms. The van der Waals surface area contributed by atoms with Crippen molar-refractivity contribution in [3.05, 3.63) is 0 Å². The van der Waals surface area contributed by atoms with E-state index in [1.165, 1.54) is 6.42 Å². The van der Waals surface area contributed by atoms with Crippen molar-refractivity contribution < 1.29 is 0 Å². The lowest BCUT2D eigenvalue weighted by Gasteiger charge is -2.02. The van der Waals surface area contributed by atoms with E-state index in [1.807, 2.05) is 11.8 Å². The number of terminal acetylenes is 1. The molecule has 0 aromatic rings. The minimum absolute atomic E-state index is 0.728. The van der Waals surface area contributed by atoms with Gasteiger partial charge in [0, 0.05) is 5.25 Å². The van der Waals surface area contributed by atoms with Crippen LogP contribution in [0, 0.1) is 12.3 Å². The first-order chi connectivity index (χ1) is 3.81. The van der Waals surface area contributed by atoms with Crippen LogP contribution in [0.15, 0.2) is 0 Å². The van der Waals surface area contributed by atoms with E-state index in [1.54, 1.807) is 0 Å². The Morgan fingerprint density at radius 2 is 2.38 bits per heavy atom. The van der Waals surface area contributed by atoms with Crippen molar-refractivity contribution in [2.75, 3.05) is 5.75 Å². The molecule has 1 atom stereocenters. The summed E-state index contributed by atoms with van der Waals surface area (Å²) in [7, 11) is 0. The van der Waals surface area contributed by atoms with Crippen molar-refractivity contribution in [1.82, 2.24) is 0 Å². The van der Waals surface area contributed by atoms with Gasteiger partial charge in [-0.05, 0) is 6.42 Å². The van der Waals surface area contributed by atoms with Crippen LogP contribution < -0.4 is 0 Å². The summed E-state index contributed by atoms with van der Waals surface area (Å²) in [5, 5.41) is 0.728. The van der Waals surface area contributed by atoms with E-state index < -0.39 is 0 Å². The molecule has 0 aliphatic carbocycles. The minimum atomic E-state index is 0.728. The Kier molecular flexibility index (Phi) is 5.00. The van der Waals surface area contributed by atoms with Crippen molar-refractivity contribution in [2.24, 2.45) is 0 Å². The van der Waals surface area contributed by atoms with E-state index >= 15 is 0 Å². The minimum Gasteiger partial charge on any atom is -0.146 e. The van der Waals surface area contributed by atoms with Crippen LogP contribution in [-0.2, 0) is 0 Å². The summed E-state index contributed by atoms with van der Waals surface area (Å²) in [5.41, 5.74) is 0. The SMILES string of the molecule is C#CCSC(C)CC. The zero-order valence-electron chi connectivity index (χ0n) is 5.48. The number of rotatable bonds is 3. The lowest BCUT2D eigenvalue weighted by molar-refractivity contribution is 0.908. The van der Waals surface area contributed by atoms with Crippen molar-refractivity contribution >= 4 is 11.8 Å². The standard InChI is InChI=1S/C7H12S/c1-4-6-8-7(3)5-2/h1,7H,5-6H2,2-3H3. The first kappa shape index (κ1) is 7.91. The Balaban J connectivity index is 3.01. The van der Waals surface area contributed by atoms with Gasteiger partial charge in [0.2, 0.25) is 0 Å². The molecule has 0 radical (unpaired) electrons. The van der Waals surface area contributed by atoms with E-state index in [0.717, 1.165) is 11.0 Å². The average molecular weight is 128 g/mol. The van der Waals surface area contributed by atoms with Crippen LogP contribution in [0.2, 0.25) is 0 Å². The van der Waals surface area contributed by atoms with Crippen LogP contribution in [0.3, 0.4) is 0 Å². The predicted octanol–water partition coefficient (Wildman–Crippen LogP) is 2.15.